The van der Waals surface area contributed by atoms with Gasteiger partial charge in [0.2, 0.25) is 5.91 Å². The Labute approximate surface area is 86.4 Å². The van der Waals surface area contributed by atoms with Gasteiger partial charge in [-0.25, -0.2) is 0 Å². The third-order valence-electron chi connectivity index (χ3n) is 1.61. The van der Waals surface area contributed by atoms with E-state index >= 15 is 0 Å². The monoisotopic (exact) mass is 202 g/mol. The van der Waals surface area contributed by atoms with E-state index in [2.05, 4.69) is 10.6 Å². The van der Waals surface area contributed by atoms with Crippen LogP contribution in [0.1, 0.15) is 27.2 Å². The summed E-state index contributed by atoms with van der Waals surface area (Å²) in [6.07, 6.45) is 0.532. The molecular weight excluding hydrogens is 180 g/mol. The second kappa shape index (κ2) is 8.97. The highest BCUT2D eigenvalue weighted by atomic mass is 16.5. The molecule has 0 aromatic carbocycles. The zero-order valence-corrected chi connectivity index (χ0v) is 9.43. The normalized spacial score (nSPS) is 10.6. The van der Waals surface area contributed by atoms with E-state index < -0.39 is 0 Å². The average molecular weight is 202 g/mol. The van der Waals surface area contributed by atoms with Gasteiger partial charge in [-0.3, -0.25) is 4.79 Å². The van der Waals surface area contributed by atoms with Crippen LogP contribution < -0.4 is 10.6 Å². The fraction of sp³-hybridized carbons (Fsp3) is 0.900. The Kier molecular flexibility index (Phi) is 8.57. The standard InChI is InChI=1S/C10H22N2O2/c1-4-14-8-7-11-6-5-10(13)12-9(2)3/h9,11H,4-8H2,1-3H3,(H,12,13). The van der Waals surface area contributed by atoms with Crippen molar-refractivity contribution in [2.75, 3.05) is 26.3 Å². The minimum absolute atomic E-state index is 0.101. The summed E-state index contributed by atoms with van der Waals surface area (Å²) in [5, 5.41) is 5.97. The van der Waals surface area contributed by atoms with Gasteiger partial charge < -0.3 is 15.4 Å². The summed E-state index contributed by atoms with van der Waals surface area (Å²) in [6.45, 7) is 8.86. The summed E-state index contributed by atoms with van der Waals surface area (Å²) >= 11 is 0. The van der Waals surface area contributed by atoms with Crippen molar-refractivity contribution in [3.05, 3.63) is 0 Å². The van der Waals surface area contributed by atoms with Crippen LogP contribution in [0.2, 0.25) is 0 Å². The second-order valence-electron chi connectivity index (χ2n) is 3.42. The number of rotatable bonds is 8. The maximum atomic E-state index is 11.2. The third-order valence-corrected chi connectivity index (χ3v) is 1.61. The first-order valence-electron chi connectivity index (χ1n) is 5.24. The molecular formula is C10H22N2O2. The lowest BCUT2D eigenvalue weighted by Gasteiger charge is -2.08. The molecule has 0 bridgehead atoms. The number of nitrogens with one attached hydrogen (secondary N) is 2. The van der Waals surface area contributed by atoms with Gasteiger partial charge >= 0.3 is 0 Å². The molecule has 0 fully saturated rings. The third kappa shape index (κ3) is 9.48. The van der Waals surface area contributed by atoms with E-state index in [0.717, 1.165) is 13.2 Å². The maximum Gasteiger partial charge on any atom is 0.221 e. The van der Waals surface area contributed by atoms with Crippen molar-refractivity contribution in [2.45, 2.75) is 33.2 Å². The molecule has 0 rings (SSSR count). The minimum Gasteiger partial charge on any atom is -0.380 e. The summed E-state index contributed by atoms with van der Waals surface area (Å²) < 4.78 is 5.14. The molecule has 84 valence electrons. The van der Waals surface area contributed by atoms with Gasteiger partial charge in [-0.05, 0) is 20.8 Å². The lowest BCUT2D eigenvalue weighted by atomic mass is 10.3. The van der Waals surface area contributed by atoms with Crippen molar-refractivity contribution >= 4 is 5.91 Å². The Morgan fingerprint density at radius 3 is 2.64 bits per heavy atom. The summed E-state index contributed by atoms with van der Waals surface area (Å²) in [4.78, 5) is 11.2. The molecule has 0 aliphatic carbocycles. The number of amides is 1. The van der Waals surface area contributed by atoms with Gasteiger partial charge in [-0.15, -0.1) is 0 Å². The molecule has 2 N–H and O–H groups in total. The summed E-state index contributed by atoms with van der Waals surface area (Å²) in [7, 11) is 0. The van der Waals surface area contributed by atoms with Crippen molar-refractivity contribution < 1.29 is 9.53 Å². The summed E-state index contributed by atoms with van der Waals surface area (Å²) in [5.41, 5.74) is 0. The van der Waals surface area contributed by atoms with Gasteiger partial charge in [-0.1, -0.05) is 0 Å². The zero-order valence-electron chi connectivity index (χ0n) is 9.43. The molecule has 1 amide bonds. The lowest BCUT2D eigenvalue weighted by molar-refractivity contribution is -0.121. The van der Waals surface area contributed by atoms with Crippen molar-refractivity contribution in [2.24, 2.45) is 0 Å². The van der Waals surface area contributed by atoms with E-state index in [-0.39, 0.29) is 11.9 Å². The van der Waals surface area contributed by atoms with Gasteiger partial charge in [0.15, 0.2) is 0 Å². The van der Waals surface area contributed by atoms with E-state index in [1.807, 2.05) is 20.8 Å². The van der Waals surface area contributed by atoms with Gasteiger partial charge in [-0.2, -0.15) is 0 Å². The Morgan fingerprint density at radius 1 is 1.36 bits per heavy atom. The fourth-order valence-electron chi connectivity index (χ4n) is 1.01. The minimum atomic E-state index is 0.101. The highest BCUT2D eigenvalue weighted by molar-refractivity contribution is 5.76. The maximum absolute atomic E-state index is 11.2. The molecule has 14 heavy (non-hydrogen) atoms. The number of carbonyl (C=O) groups is 1. The van der Waals surface area contributed by atoms with Crippen LogP contribution in [0.5, 0.6) is 0 Å². The molecule has 0 aliphatic heterocycles. The predicted octanol–water partition coefficient (Wildman–Crippen LogP) is 0.527. The molecule has 0 spiro atoms. The largest absolute Gasteiger partial charge is 0.380 e. The molecule has 0 aliphatic rings. The van der Waals surface area contributed by atoms with Crippen LogP contribution >= 0.6 is 0 Å². The Balaban J connectivity index is 3.15. The number of ether oxygens (including phenoxy) is 1. The topological polar surface area (TPSA) is 50.4 Å². The van der Waals surface area contributed by atoms with Crippen molar-refractivity contribution in [1.29, 1.82) is 0 Å². The van der Waals surface area contributed by atoms with Gasteiger partial charge in [0.25, 0.3) is 0 Å². The molecule has 4 nitrogen and oxygen atoms in total. The van der Waals surface area contributed by atoms with E-state index in [0.29, 0.717) is 19.6 Å². The van der Waals surface area contributed by atoms with E-state index in [1.165, 1.54) is 0 Å². The molecule has 0 aromatic rings. The van der Waals surface area contributed by atoms with E-state index in [9.17, 15) is 4.79 Å². The zero-order chi connectivity index (χ0) is 10.8. The average Bonchev–Trinajstić information content (AvgIpc) is 2.10. The van der Waals surface area contributed by atoms with Crippen LogP contribution in [0.3, 0.4) is 0 Å². The molecule has 0 saturated carbocycles. The summed E-state index contributed by atoms with van der Waals surface area (Å²) in [5.74, 6) is 0.101. The van der Waals surface area contributed by atoms with Crippen LogP contribution in [0.4, 0.5) is 0 Å². The first-order valence-corrected chi connectivity index (χ1v) is 5.24. The van der Waals surface area contributed by atoms with Gasteiger partial charge in [0.05, 0.1) is 6.61 Å². The molecule has 0 saturated heterocycles. The van der Waals surface area contributed by atoms with Crippen molar-refractivity contribution in [1.82, 2.24) is 10.6 Å². The molecule has 0 unspecified atom stereocenters. The Hall–Kier alpha value is -0.610. The van der Waals surface area contributed by atoms with Gasteiger partial charge in [0, 0.05) is 32.2 Å². The number of hydrogen-bond donors (Lipinski definition) is 2. The quantitative estimate of drug-likeness (QED) is 0.564. The molecule has 0 heterocycles. The Morgan fingerprint density at radius 2 is 2.07 bits per heavy atom. The lowest BCUT2D eigenvalue weighted by Crippen LogP contribution is -2.33. The van der Waals surface area contributed by atoms with Crippen molar-refractivity contribution in [3.8, 4) is 0 Å². The van der Waals surface area contributed by atoms with Crippen LogP contribution in [-0.4, -0.2) is 38.3 Å². The fourth-order valence-corrected chi connectivity index (χ4v) is 1.01. The molecule has 0 atom stereocenters. The molecule has 0 aromatic heterocycles. The Bertz CT molecular complexity index is 149. The highest BCUT2D eigenvalue weighted by Gasteiger charge is 2.01. The first kappa shape index (κ1) is 13.4. The first-order chi connectivity index (χ1) is 6.66. The number of carbonyl (C=O) groups excluding carboxylic acids is 1. The molecule has 4 heteroatoms. The van der Waals surface area contributed by atoms with Crippen LogP contribution in [-0.2, 0) is 9.53 Å². The number of hydrogen-bond acceptors (Lipinski definition) is 3. The van der Waals surface area contributed by atoms with Gasteiger partial charge in [0.1, 0.15) is 0 Å². The molecule has 0 radical (unpaired) electrons. The SMILES string of the molecule is CCOCCNCCC(=O)NC(C)C. The van der Waals surface area contributed by atoms with Crippen molar-refractivity contribution in [3.63, 3.8) is 0 Å². The second-order valence-corrected chi connectivity index (χ2v) is 3.42. The summed E-state index contributed by atoms with van der Waals surface area (Å²) in [6, 6.07) is 0.228. The van der Waals surface area contributed by atoms with Crippen LogP contribution in [0.15, 0.2) is 0 Å². The smallest absolute Gasteiger partial charge is 0.221 e. The predicted molar refractivity (Wildman–Crippen MR) is 57.3 cm³/mol. The van der Waals surface area contributed by atoms with E-state index in [1.54, 1.807) is 0 Å². The highest BCUT2D eigenvalue weighted by Crippen LogP contribution is 1.82. The van der Waals surface area contributed by atoms with E-state index in [4.69, 9.17) is 4.74 Å². The van der Waals surface area contributed by atoms with Crippen LogP contribution in [0, 0.1) is 0 Å². The van der Waals surface area contributed by atoms with Crippen LogP contribution in [0.25, 0.3) is 0 Å².